The van der Waals surface area contributed by atoms with Crippen LogP contribution in [0.25, 0.3) is 0 Å². The van der Waals surface area contributed by atoms with Gasteiger partial charge in [-0.15, -0.1) is 0 Å². The molecule has 0 aliphatic heterocycles. The van der Waals surface area contributed by atoms with Crippen LogP contribution in [0.4, 0.5) is 11.4 Å². The summed E-state index contributed by atoms with van der Waals surface area (Å²) in [6.07, 6.45) is 0. The van der Waals surface area contributed by atoms with Gasteiger partial charge in [0.05, 0.1) is 15.9 Å². The van der Waals surface area contributed by atoms with Crippen molar-refractivity contribution in [3.05, 3.63) is 56.6 Å². The van der Waals surface area contributed by atoms with Crippen LogP contribution in [0.15, 0.2) is 46.2 Å². The molecule has 0 saturated carbocycles. The van der Waals surface area contributed by atoms with Crippen LogP contribution in [0.3, 0.4) is 0 Å². The fourth-order valence-corrected chi connectivity index (χ4v) is 3.32. The zero-order chi connectivity index (χ0) is 17.4. The molecular formula is C12H8N2O8S. The lowest BCUT2D eigenvalue weighted by Gasteiger charge is -2.07. The summed E-state index contributed by atoms with van der Waals surface area (Å²) in [4.78, 5) is 18.2. The van der Waals surface area contributed by atoms with Crippen LogP contribution in [-0.2, 0) is 9.84 Å². The third kappa shape index (κ3) is 2.89. The molecule has 120 valence electrons. The Balaban J connectivity index is 2.73. The topological polar surface area (TPSA) is 161 Å². The summed E-state index contributed by atoms with van der Waals surface area (Å²) in [7, 11) is -4.53. The van der Waals surface area contributed by atoms with Crippen molar-refractivity contribution in [3.63, 3.8) is 0 Å². The molecule has 2 N–H and O–H groups in total. The van der Waals surface area contributed by atoms with Crippen molar-refractivity contribution in [2.24, 2.45) is 0 Å². The van der Waals surface area contributed by atoms with Gasteiger partial charge in [-0.1, -0.05) is 0 Å². The quantitative estimate of drug-likeness (QED) is 0.628. The van der Waals surface area contributed by atoms with E-state index in [0.717, 1.165) is 30.3 Å². The summed E-state index contributed by atoms with van der Waals surface area (Å²) in [6, 6.07) is 4.64. The van der Waals surface area contributed by atoms with E-state index in [1.807, 2.05) is 0 Å². The van der Waals surface area contributed by atoms with E-state index in [0.29, 0.717) is 6.07 Å². The zero-order valence-corrected chi connectivity index (χ0v) is 11.9. The van der Waals surface area contributed by atoms with Gasteiger partial charge in [0.2, 0.25) is 9.84 Å². The van der Waals surface area contributed by atoms with E-state index in [9.17, 15) is 38.9 Å². The highest BCUT2D eigenvalue weighted by molar-refractivity contribution is 7.91. The van der Waals surface area contributed by atoms with Crippen molar-refractivity contribution in [1.29, 1.82) is 0 Å². The number of hydrogen-bond acceptors (Lipinski definition) is 8. The third-order valence-electron chi connectivity index (χ3n) is 2.87. The van der Waals surface area contributed by atoms with Gasteiger partial charge in [-0.2, -0.15) is 0 Å². The van der Waals surface area contributed by atoms with Gasteiger partial charge in [-0.05, 0) is 18.2 Å². The average Bonchev–Trinajstić information content (AvgIpc) is 2.45. The second-order valence-electron chi connectivity index (χ2n) is 4.32. The molecule has 2 aromatic rings. The molecule has 2 rings (SSSR count). The molecule has 0 amide bonds. The summed E-state index contributed by atoms with van der Waals surface area (Å²) >= 11 is 0. The molecule has 0 radical (unpaired) electrons. The average molecular weight is 340 g/mol. The predicted octanol–water partition coefficient (Wildman–Crippen LogP) is 1.75. The Bertz CT molecular complexity index is 923. The summed E-state index contributed by atoms with van der Waals surface area (Å²) < 4.78 is 24.9. The van der Waals surface area contributed by atoms with Crippen LogP contribution in [0.1, 0.15) is 0 Å². The number of hydrogen-bond donors (Lipinski definition) is 2. The minimum atomic E-state index is -4.53. The number of nitro groups is 2. The Labute approximate surface area is 128 Å². The van der Waals surface area contributed by atoms with Crippen molar-refractivity contribution in [1.82, 2.24) is 0 Å². The number of benzene rings is 2. The van der Waals surface area contributed by atoms with E-state index in [1.54, 1.807) is 0 Å². The molecule has 0 heterocycles. The number of rotatable bonds is 4. The van der Waals surface area contributed by atoms with Gasteiger partial charge in [-0.3, -0.25) is 20.2 Å². The molecule has 2 aromatic carbocycles. The summed E-state index contributed by atoms with van der Waals surface area (Å²) in [5.41, 5.74) is -1.64. The molecule has 0 saturated heterocycles. The van der Waals surface area contributed by atoms with Gasteiger partial charge in [-0.25, -0.2) is 8.42 Å². The molecule has 0 aliphatic rings. The van der Waals surface area contributed by atoms with Crippen LogP contribution in [0, 0.1) is 20.2 Å². The van der Waals surface area contributed by atoms with Gasteiger partial charge in [0.1, 0.15) is 21.3 Å². The first kappa shape index (κ1) is 16.2. The van der Waals surface area contributed by atoms with E-state index in [-0.39, 0.29) is 0 Å². The maximum Gasteiger partial charge on any atom is 0.295 e. The van der Waals surface area contributed by atoms with E-state index in [4.69, 9.17) is 0 Å². The summed E-state index contributed by atoms with van der Waals surface area (Å²) in [6.45, 7) is 0. The highest BCUT2D eigenvalue weighted by Crippen LogP contribution is 2.36. The zero-order valence-electron chi connectivity index (χ0n) is 11.1. The highest BCUT2D eigenvalue weighted by Gasteiger charge is 2.31. The number of aromatic hydroxyl groups is 2. The maximum atomic E-state index is 12.5. The number of nitrogens with zero attached hydrogens (tertiary/aromatic N) is 2. The van der Waals surface area contributed by atoms with Gasteiger partial charge in [0.15, 0.2) is 0 Å². The Morgan fingerprint density at radius 1 is 0.870 bits per heavy atom. The molecule has 0 atom stereocenters. The van der Waals surface area contributed by atoms with Crippen LogP contribution in [-0.4, -0.2) is 28.5 Å². The minimum Gasteiger partial charge on any atom is -0.508 e. The standard InChI is InChI=1S/C12H8N2O8S/c15-8-2-4-12(10(16)6-8)23(21,22)11-3-1-7(13(17)18)5-9(11)14(19)20/h1-6,15-16H. The molecule has 0 bridgehead atoms. The maximum absolute atomic E-state index is 12.5. The fraction of sp³-hybridized carbons (Fsp3) is 0. The van der Waals surface area contributed by atoms with Crippen molar-refractivity contribution < 1.29 is 28.5 Å². The van der Waals surface area contributed by atoms with E-state index in [1.165, 1.54) is 0 Å². The third-order valence-corrected chi connectivity index (χ3v) is 4.72. The lowest BCUT2D eigenvalue weighted by atomic mass is 10.3. The number of phenolic OH excluding ortho intramolecular Hbond substituents is 2. The lowest BCUT2D eigenvalue weighted by molar-refractivity contribution is -0.396. The molecule has 0 fully saturated rings. The van der Waals surface area contributed by atoms with Crippen molar-refractivity contribution in [2.45, 2.75) is 9.79 Å². The first-order valence-corrected chi connectivity index (χ1v) is 7.33. The molecule has 0 aromatic heterocycles. The van der Waals surface area contributed by atoms with Gasteiger partial charge in [0.25, 0.3) is 11.4 Å². The number of non-ortho nitro benzene ring substituents is 1. The number of phenols is 2. The molecular weight excluding hydrogens is 332 g/mol. The van der Waals surface area contributed by atoms with Gasteiger partial charge in [0, 0.05) is 12.1 Å². The van der Waals surface area contributed by atoms with E-state index >= 15 is 0 Å². The van der Waals surface area contributed by atoms with Gasteiger partial charge >= 0.3 is 0 Å². The molecule has 0 unspecified atom stereocenters. The van der Waals surface area contributed by atoms with Crippen molar-refractivity contribution in [2.75, 3.05) is 0 Å². The monoisotopic (exact) mass is 340 g/mol. The summed E-state index contributed by atoms with van der Waals surface area (Å²) in [5, 5.41) is 40.5. The Morgan fingerprint density at radius 3 is 2.00 bits per heavy atom. The predicted molar refractivity (Wildman–Crippen MR) is 75.0 cm³/mol. The second kappa shape index (κ2) is 5.53. The van der Waals surface area contributed by atoms with Crippen molar-refractivity contribution in [3.8, 4) is 11.5 Å². The molecule has 23 heavy (non-hydrogen) atoms. The Kier molecular flexibility index (Phi) is 3.89. The van der Waals surface area contributed by atoms with Gasteiger partial charge < -0.3 is 10.2 Å². The molecule has 11 heteroatoms. The Hall–Kier alpha value is -3.21. The van der Waals surface area contributed by atoms with Crippen molar-refractivity contribution >= 4 is 21.2 Å². The smallest absolute Gasteiger partial charge is 0.295 e. The lowest BCUT2D eigenvalue weighted by Crippen LogP contribution is -2.06. The first-order valence-electron chi connectivity index (χ1n) is 5.84. The van der Waals surface area contributed by atoms with E-state index in [2.05, 4.69) is 0 Å². The van der Waals surface area contributed by atoms with E-state index < -0.39 is 52.3 Å². The largest absolute Gasteiger partial charge is 0.508 e. The van der Waals surface area contributed by atoms with Crippen LogP contribution in [0.5, 0.6) is 11.5 Å². The molecule has 0 spiro atoms. The Morgan fingerprint density at radius 2 is 1.48 bits per heavy atom. The summed E-state index contributed by atoms with van der Waals surface area (Å²) in [5.74, 6) is -1.21. The highest BCUT2D eigenvalue weighted by atomic mass is 32.2. The second-order valence-corrected chi connectivity index (χ2v) is 6.21. The van der Waals surface area contributed by atoms with Crippen LogP contribution in [0.2, 0.25) is 0 Å². The minimum absolute atomic E-state index is 0.403. The fourth-order valence-electron chi connectivity index (χ4n) is 1.84. The van der Waals surface area contributed by atoms with Crippen LogP contribution >= 0.6 is 0 Å². The van der Waals surface area contributed by atoms with Crippen LogP contribution < -0.4 is 0 Å². The molecule has 10 nitrogen and oxygen atoms in total. The SMILES string of the molecule is O=[N+]([O-])c1ccc(S(=O)(=O)c2ccc(O)cc2O)c([N+](=O)[O-])c1. The normalized spacial score (nSPS) is 11.1. The number of nitro benzene ring substituents is 2. The number of sulfone groups is 1. The first-order chi connectivity index (χ1) is 10.6. The molecule has 0 aliphatic carbocycles.